The third kappa shape index (κ3) is 5.33. The summed E-state index contributed by atoms with van der Waals surface area (Å²) in [7, 11) is 2.11. The van der Waals surface area contributed by atoms with E-state index in [0.29, 0.717) is 22.6 Å². The number of allylic oxidation sites excluding steroid dienone is 1. The Bertz CT molecular complexity index is 1210. The van der Waals surface area contributed by atoms with Crippen LogP contribution in [0.5, 0.6) is 5.75 Å². The quantitative estimate of drug-likeness (QED) is 0.286. The molecule has 5 rings (SSSR count). The second-order valence-electron chi connectivity index (χ2n) is 9.69. The molecule has 0 bridgehead atoms. The molecule has 3 fully saturated rings. The summed E-state index contributed by atoms with van der Waals surface area (Å²) < 4.78 is 5.53. The molecule has 1 aromatic heterocycles. The summed E-state index contributed by atoms with van der Waals surface area (Å²) in [4.78, 5) is 11.1. The number of fused-ring (bicyclic) bond motifs is 1. The second kappa shape index (κ2) is 9.34. The van der Waals surface area contributed by atoms with Gasteiger partial charge in [-0.2, -0.15) is 0 Å². The number of nitrogens with zero attached hydrogens (tertiary/aromatic N) is 3. The lowest BCUT2D eigenvalue weighted by Gasteiger charge is -2.26. The van der Waals surface area contributed by atoms with Gasteiger partial charge in [0.2, 0.25) is 0 Å². The first-order valence-electron chi connectivity index (χ1n) is 12.0. The first-order chi connectivity index (χ1) is 16.8. The van der Waals surface area contributed by atoms with Gasteiger partial charge in [-0.25, -0.2) is 4.98 Å². The van der Waals surface area contributed by atoms with Crippen LogP contribution in [0.3, 0.4) is 0 Å². The number of hydrogen-bond donors (Lipinski definition) is 4. The molecule has 1 aromatic carbocycles. The Morgan fingerprint density at radius 2 is 2.03 bits per heavy atom. The SMILES string of the molecule is CN1CCC(N=CC(=CN)c2cnc(N)c(OC(O)(O)c3cccc(C#CC4C5CC45)c3)c2)CC1. The molecule has 6 N–H and O–H groups in total. The van der Waals surface area contributed by atoms with Crippen molar-refractivity contribution in [2.75, 3.05) is 25.9 Å². The van der Waals surface area contributed by atoms with Gasteiger partial charge in [0.25, 0.3) is 0 Å². The van der Waals surface area contributed by atoms with Crippen molar-refractivity contribution >= 4 is 17.6 Å². The molecule has 2 aromatic rings. The summed E-state index contributed by atoms with van der Waals surface area (Å²) >= 11 is 0. The van der Waals surface area contributed by atoms with E-state index in [4.69, 9.17) is 16.2 Å². The molecule has 8 heteroatoms. The molecule has 2 atom stereocenters. The molecule has 0 radical (unpaired) electrons. The molecule has 2 heterocycles. The second-order valence-corrected chi connectivity index (χ2v) is 9.69. The van der Waals surface area contributed by atoms with Crippen molar-refractivity contribution in [2.45, 2.75) is 31.3 Å². The minimum Gasteiger partial charge on any atom is -0.432 e. The Kier molecular flexibility index (Phi) is 6.24. The van der Waals surface area contributed by atoms with Crippen molar-refractivity contribution in [3.05, 3.63) is 59.4 Å². The zero-order chi connectivity index (χ0) is 24.6. The van der Waals surface area contributed by atoms with Crippen LogP contribution in [0.1, 0.15) is 36.0 Å². The first kappa shape index (κ1) is 23.4. The molecule has 0 spiro atoms. The highest BCUT2D eigenvalue weighted by Crippen LogP contribution is 2.67. The number of nitrogen functional groups attached to an aromatic ring is 1. The summed E-state index contributed by atoms with van der Waals surface area (Å²) in [6.07, 6.45) is 7.99. The number of piperidine rings is 1. The highest BCUT2D eigenvalue weighted by Gasteiger charge is 2.63. The van der Waals surface area contributed by atoms with Crippen molar-refractivity contribution in [2.24, 2.45) is 28.5 Å². The van der Waals surface area contributed by atoms with Crippen LogP contribution in [0.4, 0.5) is 5.82 Å². The van der Waals surface area contributed by atoms with Gasteiger partial charge >= 0.3 is 5.97 Å². The number of hydrogen-bond acceptors (Lipinski definition) is 8. The van der Waals surface area contributed by atoms with E-state index in [9.17, 15) is 10.2 Å². The van der Waals surface area contributed by atoms with Crippen molar-refractivity contribution in [3.63, 3.8) is 0 Å². The average molecular weight is 474 g/mol. The highest BCUT2D eigenvalue weighted by atomic mass is 16.8. The van der Waals surface area contributed by atoms with E-state index in [0.717, 1.165) is 37.8 Å². The van der Waals surface area contributed by atoms with Crippen molar-refractivity contribution < 1.29 is 14.9 Å². The Morgan fingerprint density at radius 1 is 1.26 bits per heavy atom. The van der Waals surface area contributed by atoms with Gasteiger partial charge in [-0.1, -0.05) is 17.9 Å². The molecular weight excluding hydrogens is 442 g/mol. The van der Waals surface area contributed by atoms with Gasteiger partial charge in [0.15, 0.2) is 11.6 Å². The molecule has 182 valence electrons. The van der Waals surface area contributed by atoms with E-state index in [1.165, 1.54) is 12.6 Å². The van der Waals surface area contributed by atoms with Gasteiger partial charge in [-0.3, -0.25) is 4.99 Å². The Morgan fingerprint density at radius 3 is 2.71 bits per heavy atom. The highest BCUT2D eigenvalue weighted by molar-refractivity contribution is 6.09. The van der Waals surface area contributed by atoms with E-state index in [-0.39, 0.29) is 23.2 Å². The molecule has 1 aliphatic heterocycles. The lowest BCUT2D eigenvalue weighted by molar-refractivity contribution is -0.303. The van der Waals surface area contributed by atoms with Gasteiger partial charge in [-0.05, 0) is 75.5 Å². The molecule has 0 amide bonds. The van der Waals surface area contributed by atoms with Gasteiger partial charge < -0.3 is 31.3 Å². The molecule has 8 nitrogen and oxygen atoms in total. The summed E-state index contributed by atoms with van der Waals surface area (Å²) in [5.74, 6) is 5.88. The molecule has 3 aliphatic rings. The largest absolute Gasteiger partial charge is 0.432 e. The Hall–Kier alpha value is -3.38. The van der Waals surface area contributed by atoms with Gasteiger partial charge in [0.1, 0.15) is 0 Å². The Labute approximate surface area is 205 Å². The number of likely N-dealkylation sites (tertiary alicyclic amines) is 1. The van der Waals surface area contributed by atoms with Crippen LogP contribution in [-0.2, 0) is 5.97 Å². The van der Waals surface area contributed by atoms with Crippen molar-refractivity contribution in [1.29, 1.82) is 0 Å². The van der Waals surface area contributed by atoms with Crippen molar-refractivity contribution in [1.82, 2.24) is 9.88 Å². The molecule has 2 unspecified atom stereocenters. The maximum absolute atomic E-state index is 10.7. The zero-order valence-corrected chi connectivity index (χ0v) is 19.8. The maximum Gasteiger partial charge on any atom is 0.351 e. The van der Waals surface area contributed by atoms with E-state index >= 15 is 0 Å². The fourth-order valence-corrected chi connectivity index (χ4v) is 4.41. The predicted octanol–water partition coefficient (Wildman–Crippen LogP) is 1.92. The number of aliphatic imine (C=N–C) groups is 1. The average Bonchev–Trinajstić information content (AvgIpc) is 3.76. The fourth-order valence-electron chi connectivity index (χ4n) is 4.41. The van der Waals surface area contributed by atoms with Crippen LogP contribution in [0, 0.1) is 29.6 Å². The van der Waals surface area contributed by atoms with Gasteiger partial charge in [0, 0.05) is 41.2 Å². The minimum absolute atomic E-state index is 0.0220. The summed E-state index contributed by atoms with van der Waals surface area (Å²) in [5.41, 5.74) is 13.9. The molecule has 2 aliphatic carbocycles. The van der Waals surface area contributed by atoms with E-state index in [1.807, 2.05) is 6.07 Å². The number of benzene rings is 1. The smallest absolute Gasteiger partial charge is 0.351 e. The fraction of sp³-hybridized carbons (Fsp3) is 0.407. The lowest BCUT2D eigenvalue weighted by atomic mass is 10.1. The number of aliphatic hydroxyl groups is 2. The predicted molar refractivity (Wildman–Crippen MR) is 135 cm³/mol. The normalized spacial score (nSPS) is 24.5. The van der Waals surface area contributed by atoms with Crippen LogP contribution in [0.25, 0.3) is 5.57 Å². The lowest BCUT2D eigenvalue weighted by Crippen LogP contribution is -2.32. The molecule has 35 heavy (non-hydrogen) atoms. The van der Waals surface area contributed by atoms with E-state index in [1.54, 1.807) is 36.7 Å². The van der Waals surface area contributed by atoms with Crippen molar-refractivity contribution in [3.8, 4) is 17.6 Å². The van der Waals surface area contributed by atoms with E-state index in [2.05, 4.69) is 33.8 Å². The van der Waals surface area contributed by atoms with E-state index < -0.39 is 5.97 Å². The van der Waals surface area contributed by atoms with Gasteiger partial charge in [-0.15, -0.1) is 0 Å². The topological polar surface area (TPSA) is 130 Å². The Balaban J connectivity index is 1.31. The molecule has 2 saturated carbocycles. The summed E-state index contributed by atoms with van der Waals surface area (Å²) in [5, 5.41) is 21.5. The zero-order valence-electron chi connectivity index (χ0n) is 19.8. The number of anilines is 1. The van der Waals surface area contributed by atoms with Crippen LogP contribution < -0.4 is 16.2 Å². The van der Waals surface area contributed by atoms with Gasteiger partial charge in [0.05, 0.1) is 11.6 Å². The number of pyridine rings is 1. The van der Waals surface area contributed by atoms with Crippen LogP contribution >= 0.6 is 0 Å². The summed E-state index contributed by atoms with van der Waals surface area (Å²) in [6.45, 7) is 2.02. The number of nitrogens with two attached hydrogens (primary N) is 2. The van der Waals surface area contributed by atoms with Crippen LogP contribution in [0.15, 0.2) is 47.7 Å². The van der Waals surface area contributed by atoms with Crippen LogP contribution in [-0.4, -0.2) is 52.5 Å². The molecule has 1 saturated heterocycles. The third-order valence-electron chi connectivity index (χ3n) is 7.05. The number of aromatic nitrogens is 1. The number of rotatable bonds is 6. The third-order valence-corrected chi connectivity index (χ3v) is 7.05. The monoisotopic (exact) mass is 473 g/mol. The standard InChI is InChI=1S/C27H31N5O3/c1-32-9-7-21(8-10-32)30-16-19(14-28)18-12-25(26(29)31-15-18)35-27(33,34)20-4-2-3-17(11-20)5-6-22-23-13-24(22)23/h2-4,11-12,14-16,21-24,33-34H,7-10,13,28H2,1H3,(H2,29,31). The molecular formula is C27H31N5O3. The summed E-state index contributed by atoms with van der Waals surface area (Å²) in [6, 6.07) is 8.53. The number of ether oxygens (including phenoxy) is 1. The maximum atomic E-state index is 10.7. The van der Waals surface area contributed by atoms with Crippen LogP contribution in [0.2, 0.25) is 0 Å². The first-order valence-corrected chi connectivity index (χ1v) is 12.0. The minimum atomic E-state index is -2.62.